The van der Waals surface area contributed by atoms with Crippen LogP contribution in [-0.2, 0) is 11.9 Å². The third kappa shape index (κ3) is 4.04. The Hall–Kier alpha value is -2.13. The van der Waals surface area contributed by atoms with Crippen LogP contribution in [0.4, 0.5) is 13.2 Å². The molecule has 0 aliphatic carbocycles. The van der Waals surface area contributed by atoms with E-state index in [1.165, 1.54) is 22.6 Å². The van der Waals surface area contributed by atoms with Crippen LogP contribution in [-0.4, -0.2) is 25.2 Å². The fourth-order valence-electron chi connectivity index (χ4n) is 1.79. The first-order valence-electron chi connectivity index (χ1n) is 6.63. The largest absolute Gasteiger partial charge is 0.433 e. The molecule has 0 saturated carbocycles. The van der Waals surface area contributed by atoms with Gasteiger partial charge in [-0.15, -0.1) is 26.8 Å². The zero-order valence-electron chi connectivity index (χ0n) is 11.9. The Morgan fingerprint density at radius 2 is 1.88 bits per heavy atom. The van der Waals surface area contributed by atoms with Gasteiger partial charge in [0.25, 0.3) is 0 Å². The lowest BCUT2D eigenvalue weighted by atomic mass is 10.3. The van der Waals surface area contributed by atoms with Gasteiger partial charge in [-0.3, -0.25) is 4.98 Å². The van der Waals surface area contributed by atoms with Gasteiger partial charge in [-0.25, -0.2) is 0 Å². The molecule has 10 heteroatoms. The van der Waals surface area contributed by atoms with Gasteiger partial charge in [0, 0.05) is 16.1 Å². The van der Waals surface area contributed by atoms with Gasteiger partial charge >= 0.3 is 6.18 Å². The fourth-order valence-corrected chi connectivity index (χ4v) is 2.68. The van der Waals surface area contributed by atoms with Gasteiger partial charge in [-0.05, 0) is 41.6 Å². The van der Waals surface area contributed by atoms with Crippen molar-refractivity contribution in [2.45, 2.75) is 16.8 Å². The van der Waals surface area contributed by atoms with E-state index in [9.17, 15) is 13.2 Å². The van der Waals surface area contributed by atoms with Crippen molar-refractivity contribution in [3.8, 4) is 5.69 Å². The van der Waals surface area contributed by atoms with E-state index in [0.717, 1.165) is 12.3 Å². The summed E-state index contributed by atoms with van der Waals surface area (Å²) in [5.41, 5.74) is -0.239. The minimum absolute atomic E-state index is 0.287. The summed E-state index contributed by atoms with van der Waals surface area (Å²) in [6.07, 6.45) is -3.34. The summed E-state index contributed by atoms with van der Waals surface area (Å²) in [6, 6.07) is 9.37. The molecule has 124 valence electrons. The van der Waals surface area contributed by atoms with E-state index in [0.29, 0.717) is 21.4 Å². The van der Waals surface area contributed by atoms with E-state index in [1.807, 2.05) is 0 Å². The quantitative estimate of drug-likeness (QED) is 0.648. The van der Waals surface area contributed by atoms with E-state index in [2.05, 4.69) is 20.4 Å². The summed E-state index contributed by atoms with van der Waals surface area (Å²) in [5, 5.41) is 12.6. The molecule has 0 spiro atoms. The topological polar surface area (TPSA) is 56.5 Å². The first-order valence-corrected chi connectivity index (χ1v) is 7.99. The molecule has 2 aromatic heterocycles. The molecule has 3 aromatic rings. The lowest BCUT2D eigenvalue weighted by molar-refractivity contribution is -0.141. The number of rotatable bonds is 4. The van der Waals surface area contributed by atoms with Gasteiger partial charge in [0.15, 0.2) is 5.82 Å². The van der Waals surface area contributed by atoms with E-state index in [-0.39, 0.29) is 5.75 Å². The minimum Gasteiger partial charge on any atom is -0.252 e. The summed E-state index contributed by atoms with van der Waals surface area (Å²) in [4.78, 5) is 5.08. The van der Waals surface area contributed by atoms with E-state index < -0.39 is 11.9 Å². The second-order valence-electron chi connectivity index (χ2n) is 4.63. The molecule has 24 heavy (non-hydrogen) atoms. The average molecular weight is 372 g/mol. The van der Waals surface area contributed by atoms with Crippen LogP contribution in [0.15, 0.2) is 47.5 Å². The molecule has 0 amide bonds. The van der Waals surface area contributed by atoms with Crippen molar-refractivity contribution in [1.82, 2.24) is 25.2 Å². The van der Waals surface area contributed by atoms with Crippen LogP contribution in [0.25, 0.3) is 5.69 Å². The molecule has 0 aliphatic rings. The third-order valence-corrected chi connectivity index (χ3v) is 4.14. The Morgan fingerprint density at radius 1 is 1.12 bits per heavy atom. The van der Waals surface area contributed by atoms with Crippen molar-refractivity contribution >= 4 is 23.4 Å². The summed E-state index contributed by atoms with van der Waals surface area (Å²) in [5.74, 6) is 0.690. The van der Waals surface area contributed by atoms with Crippen LogP contribution >= 0.6 is 23.4 Å². The smallest absolute Gasteiger partial charge is 0.252 e. The molecule has 0 fully saturated rings. The number of tetrazole rings is 1. The first kappa shape index (κ1) is 16.7. The standard InChI is InChI=1S/C14H9ClF3N5S/c15-9-1-3-10(4-2-9)23-21-13(20-22-23)8-24-11-5-6-19-12(7-11)14(16,17)18/h1-7H,8H2. The highest BCUT2D eigenvalue weighted by molar-refractivity contribution is 7.98. The van der Waals surface area contributed by atoms with Gasteiger partial charge in [0.1, 0.15) is 5.69 Å². The monoisotopic (exact) mass is 371 g/mol. The van der Waals surface area contributed by atoms with Crippen molar-refractivity contribution in [2.24, 2.45) is 0 Å². The Balaban J connectivity index is 1.69. The van der Waals surface area contributed by atoms with Crippen molar-refractivity contribution in [1.29, 1.82) is 0 Å². The van der Waals surface area contributed by atoms with Crippen molar-refractivity contribution < 1.29 is 13.2 Å². The Labute approximate surface area is 143 Å². The molecule has 0 bridgehead atoms. The van der Waals surface area contributed by atoms with E-state index >= 15 is 0 Å². The van der Waals surface area contributed by atoms with Gasteiger partial charge in [-0.1, -0.05) is 11.6 Å². The zero-order chi connectivity index (χ0) is 17.2. The highest BCUT2D eigenvalue weighted by Gasteiger charge is 2.32. The van der Waals surface area contributed by atoms with E-state index in [1.54, 1.807) is 24.3 Å². The molecule has 1 aromatic carbocycles. The summed E-state index contributed by atoms with van der Waals surface area (Å²) in [6.45, 7) is 0. The molecule has 0 radical (unpaired) electrons. The predicted molar refractivity (Wildman–Crippen MR) is 83.0 cm³/mol. The van der Waals surface area contributed by atoms with E-state index in [4.69, 9.17) is 11.6 Å². The third-order valence-electron chi connectivity index (χ3n) is 2.90. The molecule has 0 N–H and O–H groups in total. The van der Waals surface area contributed by atoms with Gasteiger partial charge in [-0.2, -0.15) is 13.2 Å². The number of hydrogen-bond donors (Lipinski definition) is 0. The normalized spacial score (nSPS) is 11.7. The average Bonchev–Trinajstić information content (AvgIpc) is 3.02. The van der Waals surface area contributed by atoms with Gasteiger partial charge in [0.2, 0.25) is 0 Å². The van der Waals surface area contributed by atoms with Crippen LogP contribution in [0.3, 0.4) is 0 Å². The molecule has 2 heterocycles. The molecule has 5 nitrogen and oxygen atoms in total. The number of pyridine rings is 1. The first-order chi connectivity index (χ1) is 11.4. The Morgan fingerprint density at radius 3 is 2.58 bits per heavy atom. The predicted octanol–water partition coefficient (Wildman–Crippen LogP) is 4.02. The maximum absolute atomic E-state index is 12.6. The summed E-state index contributed by atoms with van der Waals surface area (Å²) < 4.78 is 37.9. The maximum Gasteiger partial charge on any atom is 0.433 e. The van der Waals surface area contributed by atoms with Crippen LogP contribution < -0.4 is 0 Å². The maximum atomic E-state index is 12.6. The van der Waals surface area contributed by atoms with Crippen LogP contribution in [0.1, 0.15) is 11.5 Å². The van der Waals surface area contributed by atoms with Crippen LogP contribution in [0, 0.1) is 0 Å². The Kier molecular flexibility index (Phi) is 4.72. The molecule has 0 aliphatic heterocycles. The number of halogens is 4. The molecular formula is C14H9ClF3N5S. The second kappa shape index (κ2) is 6.78. The Bertz CT molecular complexity index is 835. The van der Waals surface area contributed by atoms with Crippen molar-refractivity contribution in [2.75, 3.05) is 0 Å². The van der Waals surface area contributed by atoms with Crippen molar-refractivity contribution in [3.05, 3.63) is 59.1 Å². The number of thioether (sulfide) groups is 1. The zero-order valence-corrected chi connectivity index (χ0v) is 13.5. The molecule has 0 saturated heterocycles. The molecule has 3 rings (SSSR count). The number of alkyl halides is 3. The molecule has 0 unspecified atom stereocenters. The number of nitrogens with zero attached hydrogens (tertiary/aromatic N) is 5. The lowest BCUT2D eigenvalue weighted by Gasteiger charge is -2.06. The molecular weight excluding hydrogens is 363 g/mol. The highest BCUT2D eigenvalue weighted by atomic mass is 35.5. The minimum atomic E-state index is -4.47. The van der Waals surface area contributed by atoms with Crippen molar-refractivity contribution in [3.63, 3.8) is 0 Å². The number of hydrogen-bond acceptors (Lipinski definition) is 5. The number of benzene rings is 1. The van der Waals surface area contributed by atoms with Crippen LogP contribution in [0.5, 0.6) is 0 Å². The fraction of sp³-hybridized carbons (Fsp3) is 0.143. The summed E-state index contributed by atoms with van der Waals surface area (Å²) >= 11 is 6.99. The lowest BCUT2D eigenvalue weighted by Crippen LogP contribution is -2.07. The SMILES string of the molecule is FC(F)(F)c1cc(SCc2nnn(-c3ccc(Cl)cc3)n2)ccn1. The highest BCUT2D eigenvalue weighted by Crippen LogP contribution is 2.30. The van der Waals surface area contributed by atoms with Gasteiger partial charge < -0.3 is 0 Å². The molecule has 0 atom stereocenters. The van der Waals surface area contributed by atoms with Gasteiger partial charge in [0.05, 0.1) is 11.4 Å². The van der Waals surface area contributed by atoms with Crippen LogP contribution in [0.2, 0.25) is 5.02 Å². The summed E-state index contributed by atoms with van der Waals surface area (Å²) in [7, 11) is 0. The second-order valence-corrected chi connectivity index (χ2v) is 6.12. The number of aromatic nitrogens is 5.